The Morgan fingerprint density at radius 2 is 1.89 bits per heavy atom. The number of aryl methyl sites for hydroxylation is 1. The van der Waals surface area contributed by atoms with Gasteiger partial charge in [-0.15, -0.1) is 0 Å². The predicted molar refractivity (Wildman–Crippen MR) is 132 cm³/mol. The van der Waals surface area contributed by atoms with Crippen LogP contribution in [0.25, 0.3) is 5.76 Å². The second-order valence-electron chi connectivity index (χ2n) is 8.35. The van der Waals surface area contributed by atoms with Crippen molar-refractivity contribution in [1.82, 2.24) is 9.88 Å². The number of aliphatic hydroxyl groups excluding tert-OH is 1. The molecule has 1 N–H and O–H groups in total. The van der Waals surface area contributed by atoms with Crippen LogP contribution in [0.3, 0.4) is 0 Å². The smallest absolute Gasteiger partial charge is 0.295 e. The summed E-state index contributed by atoms with van der Waals surface area (Å²) in [4.78, 5) is 32.1. The van der Waals surface area contributed by atoms with Gasteiger partial charge in [0.15, 0.2) is 0 Å². The van der Waals surface area contributed by atoms with Crippen LogP contribution in [0.2, 0.25) is 0 Å². The van der Waals surface area contributed by atoms with E-state index in [1.165, 1.54) is 4.90 Å². The summed E-state index contributed by atoms with van der Waals surface area (Å²) < 4.78 is 11.2. The van der Waals surface area contributed by atoms with E-state index in [1.54, 1.807) is 55.9 Å². The van der Waals surface area contributed by atoms with Crippen LogP contribution in [0.1, 0.15) is 41.6 Å². The molecule has 0 aliphatic carbocycles. The Kier molecular flexibility index (Phi) is 7.15. The topological polar surface area (TPSA) is 89.0 Å². The van der Waals surface area contributed by atoms with Gasteiger partial charge < -0.3 is 19.5 Å². The fourth-order valence-corrected chi connectivity index (χ4v) is 4.27. The van der Waals surface area contributed by atoms with Crippen LogP contribution in [0.15, 0.2) is 72.6 Å². The highest BCUT2D eigenvalue weighted by Crippen LogP contribution is 2.41. The average molecular weight is 473 g/mol. The highest BCUT2D eigenvalue weighted by molar-refractivity contribution is 6.46. The zero-order valence-electron chi connectivity index (χ0n) is 20.0. The molecule has 7 nitrogen and oxygen atoms in total. The molecule has 1 aliphatic heterocycles. The molecule has 180 valence electrons. The number of benzene rings is 2. The van der Waals surface area contributed by atoms with Gasteiger partial charge in [-0.25, -0.2) is 0 Å². The third-order valence-corrected chi connectivity index (χ3v) is 5.98. The van der Waals surface area contributed by atoms with E-state index in [0.29, 0.717) is 29.2 Å². The third-order valence-electron chi connectivity index (χ3n) is 5.98. The van der Waals surface area contributed by atoms with Crippen molar-refractivity contribution in [1.29, 1.82) is 0 Å². The maximum atomic E-state index is 13.3. The number of Topliss-reactive ketones (excluding diaryl/α,β-unsaturated/α-hetero) is 1. The Hall–Kier alpha value is -4.13. The van der Waals surface area contributed by atoms with Crippen LogP contribution in [-0.4, -0.2) is 40.4 Å². The first kappa shape index (κ1) is 24.0. The summed E-state index contributed by atoms with van der Waals surface area (Å²) in [7, 11) is 1.56. The maximum Gasteiger partial charge on any atom is 0.295 e. The molecule has 0 spiro atoms. The fourth-order valence-electron chi connectivity index (χ4n) is 4.27. The van der Waals surface area contributed by atoms with Crippen LogP contribution in [0.5, 0.6) is 11.5 Å². The third kappa shape index (κ3) is 4.75. The number of ketones is 1. The molecule has 1 unspecified atom stereocenters. The summed E-state index contributed by atoms with van der Waals surface area (Å²) in [6, 6.07) is 15.3. The van der Waals surface area contributed by atoms with E-state index in [1.807, 2.05) is 32.0 Å². The first-order valence-corrected chi connectivity index (χ1v) is 11.5. The zero-order valence-corrected chi connectivity index (χ0v) is 20.0. The second-order valence-corrected chi connectivity index (χ2v) is 8.35. The summed E-state index contributed by atoms with van der Waals surface area (Å²) in [5.74, 6) is -0.340. The lowest BCUT2D eigenvalue weighted by Gasteiger charge is -2.25. The van der Waals surface area contributed by atoms with Gasteiger partial charge >= 0.3 is 0 Å². The molecule has 0 saturated carbocycles. The number of carbonyl (C=O) groups is 2. The second kappa shape index (κ2) is 10.4. The van der Waals surface area contributed by atoms with Crippen LogP contribution >= 0.6 is 0 Å². The summed E-state index contributed by atoms with van der Waals surface area (Å²) in [6.07, 6.45) is 4.10. The van der Waals surface area contributed by atoms with Crippen molar-refractivity contribution < 1.29 is 24.2 Å². The SMILES string of the molecule is CCCOc1ccc(/C(O)=C2/C(=O)C(=O)N(Cc3ccccc3OC)C2c2cccnc2)cc1C. The standard InChI is InChI=1S/C28H28N2O5/c1-4-14-35-22-12-11-19(15-18(22)2)26(31)24-25(20-9-7-13-29-16-20)30(28(33)27(24)32)17-21-8-5-6-10-23(21)34-3/h5-13,15-16,25,31H,4,14,17H2,1-3H3/b26-24-. The summed E-state index contributed by atoms with van der Waals surface area (Å²) in [5.41, 5.74) is 2.67. The molecule has 2 aromatic carbocycles. The van der Waals surface area contributed by atoms with Crippen molar-refractivity contribution in [2.45, 2.75) is 32.9 Å². The molecule has 0 bridgehead atoms. The number of para-hydroxylation sites is 1. The molecule has 1 atom stereocenters. The molecule has 1 saturated heterocycles. The van der Waals surface area contributed by atoms with Gasteiger partial charge in [0.25, 0.3) is 11.7 Å². The Morgan fingerprint density at radius 3 is 2.57 bits per heavy atom. The number of hydrogen-bond donors (Lipinski definition) is 1. The number of pyridine rings is 1. The number of rotatable bonds is 8. The van der Waals surface area contributed by atoms with Gasteiger partial charge in [-0.2, -0.15) is 0 Å². The number of nitrogens with zero attached hydrogens (tertiary/aromatic N) is 2. The molecule has 2 heterocycles. The van der Waals surface area contributed by atoms with Gasteiger partial charge in [0.1, 0.15) is 17.3 Å². The highest BCUT2D eigenvalue weighted by Gasteiger charge is 2.46. The van der Waals surface area contributed by atoms with Gasteiger partial charge in [-0.05, 0) is 54.8 Å². The van der Waals surface area contributed by atoms with E-state index >= 15 is 0 Å². The molecular weight excluding hydrogens is 444 g/mol. The largest absolute Gasteiger partial charge is 0.507 e. The minimum absolute atomic E-state index is 0.0273. The Balaban J connectivity index is 1.81. The van der Waals surface area contributed by atoms with Crippen molar-refractivity contribution in [3.63, 3.8) is 0 Å². The quantitative estimate of drug-likeness (QED) is 0.288. The minimum Gasteiger partial charge on any atom is -0.507 e. The van der Waals surface area contributed by atoms with Crippen LogP contribution in [0.4, 0.5) is 0 Å². The number of aromatic nitrogens is 1. The minimum atomic E-state index is -0.801. The molecule has 1 fully saturated rings. The van der Waals surface area contributed by atoms with E-state index in [9.17, 15) is 14.7 Å². The average Bonchev–Trinajstić information content (AvgIpc) is 3.13. The van der Waals surface area contributed by atoms with Crippen molar-refractivity contribution in [3.8, 4) is 11.5 Å². The monoisotopic (exact) mass is 472 g/mol. The molecule has 3 aromatic rings. The first-order chi connectivity index (χ1) is 17.0. The van der Waals surface area contributed by atoms with E-state index < -0.39 is 17.7 Å². The molecule has 7 heteroatoms. The maximum absolute atomic E-state index is 13.3. The molecule has 35 heavy (non-hydrogen) atoms. The summed E-state index contributed by atoms with van der Waals surface area (Å²) in [6.45, 7) is 4.62. The number of amides is 1. The van der Waals surface area contributed by atoms with Gasteiger partial charge in [-0.1, -0.05) is 31.2 Å². The van der Waals surface area contributed by atoms with Crippen LogP contribution < -0.4 is 9.47 Å². The predicted octanol–water partition coefficient (Wildman–Crippen LogP) is 4.81. The summed E-state index contributed by atoms with van der Waals surface area (Å²) in [5, 5.41) is 11.3. The molecule has 1 amide bonds. The van der Waals surface area contributed by atoms with E-state index in [0.717, 1.165) is 17.5 Å². The Bertz CT molecular complexity index is 1270. The van der Waals surface area contributed by atoms with Crippen molar-refractivity contribution in [2.24, 2.45) is 0 Å². The number of ether oxygens (including phenoxy) is 2. The molecule has 0 radical (unpaired) electrons. The lowest BCUT2D eigenvalue weighted by molar-refractivity contribution is -0.140. The Morgan fingerprint density at radius 1 is 1.09 bits per heavy atom. The summed E-state index contributed by atoms with van der Waals surface area (Å²) >= 11 is 0. The number of hydrogen-bond acceptors (Lipinski definition) is 6. The van der Waals surface area contributed by atoms with Gasteiger partial charge in [0.2, 0.25) is 0 Å². The number of methoxy groups -OCH3 is 1. The van der Waals surface area contributed by atoms with Gasteiger partial charge in [-0.3, -0.25) is 14.6 Å². The number of likely N-dealkylation sites (tertiary alicyclic amines) is 1. The highest BCUT2D eigenvalue weighted by atomic mass is 16.5. The molecule has 1 aromatic heterocycles. The van der Waals surface area contributed by atoms with Crippen molar-refractivity contribution in [2.75, 3.05) is 13.7 Å². The fraction of sp³-hybridized carbons (Fsp3) is 0.250. The molecule has 1 aliphatic rings. The zero-order chi connectivity index (χ0) is 24.9. The molecule has 4 rings (SSSR count). The van der Waals surface area contributed by atoms with E-state index in [4.69, 9.17) is 9.47 Å². The molecular formula is C28H28N2O5. The van der Waals surface area contributed by atoms with Crippen LogP contribution in [0, 0.1) is 6.92 Å². The van der Waals surface area contributed by atoms with Crippen molar-refractivity contribution >= 4 is 17.4 Å². The van der Waals surface area contributed by atoms with E-state index in [-0.39, 0.29) is 17.9 Å². The number of carbonyl (C=O) groups excluding carboxylic acids is 2. The van der Waals surface area contributed by atoms with Gasteiger partial charge in [0.05, 0.1) is 31.9 Å². The lowest BCUT2D eigenvalue weighted by atomic mass is 9.95. The first-order valence-electron chi connectivity index (χ1n) is 11.5. The van der Waals surface area contributed by atoms with E-state index in [2.05, 4.69) is 4.98 Å². The van der Waals surface area contributed by atoms with Crippen LogP contribution in [-0.2, 0) is 16.1 Å². The van der Waals surface area contributed by atoms with Gasteiger partial charge in [0, 0.05) is 23.5 Å². The lowest BCUT2D eigenvalue weighted by Crippen LogP contribution is -2.29. The Labute approximate surface area is 204 Å². The normalized spacial score (nSPS) is 17.0. The van der Waals surface area contributed by atoms with Crippen molar-refractivity contribution in [3.05, 3.63) is 94.8 Å². The number of aliphatic hydroxyl groups is 1.